The number of aromatic hydroxyl groups is 1. The van der Waals surface area contributed by atoms with Gasteiger partial charge in [0.25, 0.3) is 0 Å². The van der Waals surface area contributed by atoms with Crippen LogP contribution < -0.4 is 0 Å². The fourth-order valence-corrected chi connectivity index (χ4v) is 3.10. The molecule has 18 heavy (non-hydrogen) atoms. The van der Waals surface area contributed by atoms with E-state index in [0.29, 0.717) is 10.4 Å². The molecule has 1 saturated heterocycles. The van der Waals surface area contributed by atoms with Crippen molar-refractivity contribution in [3.05, 3.63) is 28.8 Å². The van der Waals surface area contributed by atoms with E-state index in [9.17, 15) is 5.11 Å². The van der Waals surface area contributed by atoms with Gasteiger partial charge in [0.15, 0.2) is 0 Å². The highest BCUT2D eigenvalue weighted by molar-refractivity contribution is 6.32. The second-order valence-corrected chi connectivity index (χ2v) is 5.86. The molecule has 0 bridgehead atoms. The number of halogens is 1. The molecular weight excluding hydrogens is 246 g/mol. The van der Waals surface area contributed by atoms with Gasteiger partial charge < -0.3 is 5.11 Å². The zero-order valence-corrected chi connectivity index (χ0v) is 12.0. The van der Waals surface area contributed by atoms with E-state index in [4.69, 9.17) is 11.6 Å². The summed E-state index contributed by atoms with van der Waals surface area (Å²) >= 11 is 5.94. The lowest BCUT2D eigenvalue weighted by Crippen LogP contribution is -2.26. The Labute approximate surface area is 115 Å². The standard InChI is InChI=1S/C15H22ClNO/c1-3-15(4-2)7-8-17(11-15)10-12-5-6-14(18)13(16)9-12/h5-6,9,18H,3-4,7-8,10-11H2,1-2H3. The first-order valence-electron chi connectivity index (χ1n) is 6.78. The summed E-state index contributed by atoms with van der Waals surface area (Å²) in [5, 5.41) is 9.87. The second kappa shape index (κ2) is 5.50. The van der Waals surface area contributed by atoms with Gasteiger partial charge in [-0.2, -0.15) is 0 Å². The van der Waals surface area contributed by atoms with Gasteiger partial charge in [0.05, 0.1) is 5.02 Å². The molecule has 1 aliphatic heterocycles. The Morgan fingerprint density at radius 2 is 2.06 bits per heavy atom. The number of rotatable bonds is 4. The van der Waals surface area contributed by atoms with Gasteiger partial charge in [-0.25, -0.2) is 0 Å². The first-order chi connectivity index (χ1) is 8.58. The lowest BCUT2D eigenvalue weighted by atomic mass is 9.82. The molecule has 0 amide bonds. The number of hydrogen-bond donors (Lipinski definition) is 1. The summed E-state index contributed by atoms with van der Waals surface area (Å²) in [6, 6.07) is 5.51. The zero-order valence-electron chi connectivity index (χ0n) is 11.2. The molecule has 1 aliphatic rings. The molecule has 1 N–H and O–H groups in total. The number of benzene rings is 1. The number of phenols is 1. The van der Waals surface area contributed by atoms with Gasteiger partial charge in [0, 0.05) is 13.1 Å². The maximum Gasteiger partial charge on any atom is 0.134 e. The highest BCUT2D eigenvalue weighted by Gasteiger charge is 2.34. The molecular formula is C15H22ClNO. The molecule has 2 rings (SSSR count). The van der Waals surface area contributed by atoms with Crippen LogP contribution in [0.25, 0.3) is 0 Å². The fourth-order valence-electron chi connectivity index (χ4n) is 2.90. The van der Waals surface area contributed by atoms with E-state index in [0.717, 1.165) is 6.54 Å². The minimum absolute atomic E-state index is 0.165. The topological polar surface area (TPSA) is 23.5 Å². The normalized spacial score (nSPS) is 19.3. The monoisotopic (exact) mass is 267 g/mol. The van der Waals surface area contributed by atoms with Crippen molar-refractivity contribution in [1.29, 1.82) is 0 Å². The van der Waals surface area contributed by atoms with E-state index in [1.165, 1.54) is 37.9 Å². The van der Waals surface area contributed by atoms with Crippen LogP contribution >= 0.6 is 11.6 Å². The van der Waals surface area contributed by atoms with Crippen molar-refractivity contribution in [3.8, 4) is 5.75 Å². The van der Waals surface area contributed by atoms with Gasteiger partial charge in [0.2, 0.25) is 0 Å². The van der Waals surface area contributed by atoms with Crippen molar-refractivity contribution in [2.45, 2.75) is 39.7 Å². The Morgan fingerprint density at radius 3 is 2.61 bits per heavy atom. The third kappa shape index (κ3) is 2.81. The summed E-state index contributed by atoms with van der Waals surface area (Å²) in [6.07, 6.45) is 3.82. The van der Waals surface area contributed by atoms with E-state index >= 15 is 0 Å². The van der Waals surface area contributed by atoms with Gasteiger partial charge in [-0.1, -0.05) is 31.5 Å². The van der Waals surface area contributed by atoms with E-state index in [2.05, 4.69) is 18.7 Å². The molecule has 0 saturated carbocycles. The van der Waals surface area contributed by atoms with Crippen LogP contribution in [0, 0.1) is 5.41 Å². The molecule has 0 atom stereocenters. The third-order valence-corrected chi connectivity index (χ3v) is 4.74. The molecule has 0 aromatic heterocycles. The van der Waals surface area contributed by atoms with Crippen molar-refractivity contribution < 1.29 is 5.11 Å². The lowest BCUT2D eigenvalue weighted by Gasteiger charge is -2.26. The van der Waals surface area contributed by atoms with Gasteiger partial charge in [-0.15, -0.1) is 0 Å². The van der Waals surface area contributed by atoms with E-state index in [1.807, 2.05) is 12.1 Å². The number of phenolic OH excluding ortho intramolecular Hbond substituents is 1. The summed E-state index contributed by atoms with van der Waals surface area (Å²) in [5.41, 5.74) is 1.70. The maximum atomic E-state index is 9.42. The third-order valence-electron chi connectivity index (χ3n) is 4.44. The maximum absolute atomic E-state index is 9.42. The Bertz CT molecular complexity index is 415. The largest absolute Gasteiger partial charge is 0.506 e. The van der Waals surface area contributed by atoms with Crippen LogP contribution in [0.1, 0.15) is 38.7 Å². The van der Waals surface area contributed by atoms with Crippen molar-refractivity contribution in [2.75, 3.05) is 13.1 Å². The highest BCUT2D eigenvalue weighted by Crippen LogP contribution is 2.37. The number of likely N-dealkylation sites (tertiary alicyclic amines) is 1. The zero-order chi connectivity index (χ0) is 13.2. The minimum atomic E-state index is 0.165. The molecule has 1 aromatic rings. The average molecular weight is 268 g/mol. The van der Waals surface area contributed by atoms with Crippen LogP contribution in [-0.4, -0.2) is 23.1 Å². The predicted molar refractivity (Wildman–Crippen MR) is 76.0 cm³/mol. The van der Waals surface area contributed by atoms with Gasteiger partial charge in [0.1, 0.15) is 5.75 Å². The van der Waals surface area contributed by atoms with Gasteiger partial charge in [-0.05, 0) is 48.9 Å². The molecule has 2 nitrogen and oxygen atoms in total. The SMILES string of the molecule is CCC1(CC)CCN(Cc2ccc(O)c(Cl)c2)C1. The first kappa shape index (κ1) is 13.7. The molecule has 1 fully saturated rings. The van der Waals surface area contributed by atoms with Crippen LogP contribution in [0.3, 0.4) is 0 Å². The second-order valence-electron chi connectivity index (χ2n) is 5.45. The predicted octanol–water partition coefficient (Wildman–Crippen LogP) is 4.06. The Balaban J connectivity index is 2.01. The Hall–Kier alpha value is -0.730. The van der Waals surface area contributed by atoms with Crippen LogP contribution in [-0.2, 0) is 6.54 Å². The quantitative estimate of drug-likeness (QED) is 0.889. The molecule has 1 aromatic carbocycles. The summed E-state index contributed by atoms with van der Waals surface area (Å²) < 4.78 is 0. The number of hydrogen-bond acceptors (Lipinski definition) is 2. The average Bonchev–Trinajstić information content (AvgIpc) is 2.78. The Morgan fingerprint density at radius 1 is 1.33 bits per heavy atom. The van der Waals surface area contributed by atoms with E-state index in [-0.39, 0.29) is 5.75 Å². The van der Waals surface area contributed by atoms with Crippen molar-refractivity contribution in [1.82, 2.24) is 4.90 Å². The van der Waals surface area contributed by atoms with Crippen LogP contribution in [0.15, 0.2) is 18.2 Å². The molecule has 100 valence electrons. The van der Waals surface area contributed by atoms with Crippen LogP contribution in [0.5, 0.6) is 5.75 Å². The van der Waals surface area contributed by atoms with Gasteiger partial charge in [-0.3, -0.25) is 4.90 Å². The van der Waals surface area contributed by atoms with Crippen molar-refractivity contribution >= 4 is 11.6 Å². The minimum Gasteiger partial charge on any atom is -0.506 e. The van der Waals surface area contributed by atoms with Crippen molar-refractivity contribution in [3.63, 3.8) is 0 Å². The molecule has 3 heteroatoms. The molecule has 1 heterocycles. The molecule has 0 aliphatic carbocycles. The first-order valence-corrected chi connectivity index (χ1v) is 7.16. The smallest absolute Gasteiger partial charge is 0.134 e. The number of nitrogens with zero attached hydrogens (tertiary/aromatic N) is 1. The van der Waals surface area contributed by atoms with E-state index in [1.54, 1.807) is 6.07 Å². The van der Waals surface area contributed by atoms with Crippen molar-refractivity contribution in [2.24, 2.45) is 5.41 Å². The highest BCUT2D eigenvalue weighted by atomic mass is 35.5. The van der Waals surface area contributed by atoms with Crippen LogP contribution in [0.4, 0.5) is 0 Å². The molecule has 0 spiro atoms. The summed E-state index contributed by atoms with van der Waals surface area (Å²) in [6.45, 7) is 7.87. The lowest BCUT2D eigenvalue weighted by molar-refractivity contribution is 0.236. The summed E-state index contributed by atoms with van der Waals surface area (Å²) in [4.78, 5) is 2.50. The fraction of sp³-hybridized carbons (Fsp3) is 0.600. The molecule has 0 radical (unpaired) electrons. The summed E-state index contributed by atoms with van der Waals surface area (Å²) in [7, 11) is 0. The van der Waals surface area contributed by atoms with Crippen LogP contribution in [0.2, 0.25) is 5.02 Å². The Kier molecular flexibility index (Phi) is 4.18. The summed E-state index contributed by atoms with van der Waals surface area (Å²) in [5.74, 6) is 0.165. The van der Waals surface area contributed by atoms with E-state index < -0.39 is 0 Å². The molecule has 0 unspecified atom stereocenters. The van der Waals surface area contributed by atoms with Gasteiger partial charge >= 0.3 is 0 Å².